The van der Waals surface area contributed by atoms with E-state index in [2.05, 4.69) is 19.1 Å². The first-order valence-corrected chi connectivity index (χ1v) is 7.04. The van der Waals surface area contributed by atoms with Gasteiger partial charge in [-0.25, -0.2) is 0 Å². The quantitative estimate of drug-likeness (QED) is 0.896. The number of rotatable bonds is 4. The molecule has 0 saturated carbocycles. The van der Waals surface area contributed by atoms with E-state index in [4.69, 9.17) is 22.1 Å². The molecule has 0 aliphatic carbocycles. The van der Waals surface area contributed by atoms with Crippen LogP contribution in [-0.2, 0) is 0 Å². The molecular weight excluding hydrogens is 266 g/mol. The van der Waals surface area contributed by atoms with Gasteiger partial charge in [0, 0.05) is 15.8 Å². The average Bonchev–Trinajstić information content (AvgIpc) is 2.88. The van der Waals surface area contributed by atoms with Crippen molar-refractivity contribution in [1.82, 2.24) is 0 Å². The van der Waals surface area contributed by atoms with Crippen LogP contribution in [0.1, 0.15) is 24.3 Å². The molecule has 0 spiro atoms. The molecule has 1 aromatic heterocycles. The summed E-state index contributed by atoms with van der Waals surface area (Å²) in [5.74, 6) is 0.698. The van der Waals surface area contributed by atoms with E-state index >= 15 is 0 Å². The Morgan fingerprint density at radius 1 is 1.33 bits per heavy atom. The molecule has 0 bridgehead atoms. The van der Waals surface area contributed by atoms with Gasteiger partial charge < -0.3 is 10.5 Å². The summed E-state index contributed by atoms with van der Waals surface area (Å²) in [7, 11) is 1.62. The number of thiophene rings is 1. The van der Waals surface area contributed by atoms with Crippen LogP contribution in [0.3, 0.4) is 0 Å². The highest BCUT2D eigenvalue weighted by Crippen LogP contribution is 2.35. The first kappa shape index (κ1) is 13.4. The molecule has 0 radical (unpaired) electrons. The Morgan fingerprint density at radius 2 is 2.11 bits per heavy atom. The second-order valence-electron chi connectivity index (χ2n) is 4.07. The summed E-state index contributed by atoms with van der Waals surface area (Å²) in [4.78, 5) is 2.39. The van der Waals surface area contributed by atoms with Gasteiger partial charge in [0.1, 0.15) is 5.75 Å². The SMILES string of the molecule is CCC(N)c1ccc(-c2ccc(Cl)c(OC)c2)s1. The molecule has 2 aromatic rings. The second-order valence-corrected chi connectivity index (χ2v) is 5.59. The van der Waals surface area contributed by atoms with E-state index < -0.39 is 0 Å². The van der Waals surface area contributed by atoms with Crippen LogP contribution in [0.15, 0.2) is 30.3 Å². The third kappa shape index (κ3) is 2.69. The van der Waals surface area contributed by atoms with Crippen LogP contribution in [0.25, 0.3) is 10.4 Å². The lowest BCUT2D eigenvalue weighted by molar-refractivity contribution is 0.415. The van der Waals surface area contributed by atoms with Crippen molar-refractivity contribution in [2.24, 2.45) is 5.73 Å². The van der Waals surface area contributed by atoms with Crippen molar-refractivity contribution in [3.8, 4) is 16.2 Å². The summed E-state index contributed by atoms with van der Waals surface area (Å²) in [6.07, 6.45) is 0.948. The number of hydrogen-bond acceptors (Lipinski definition) is 3. The third-order valence-electron chi connectivity index (χ3n) is 2.87. The van der Waals surface area contributed by atoms with Gasteiger partial charge in [-0.05, 0) is 36.2 Å². The zero-order chi connectivity index (χ0) is 13.1. The average molecular weight is 282 g/mol. The molecular formula is C14H16ClNOS. The van der Waals surface area contributed by atoms with Crippen LogP contribution in [-0.4, -0.2) is 7.11 Å². The summed E-state index contributed by atoms with van der Waals surface area (Å²) in [6.45, 7) is 2.09. The molecule has 4 heteroatoms. The van der Waals surface area contributed by atoms with Crippen LogP contribution >= 0.6 is 22.9 Å². The van der Waals surface area contributed by atoms with Gasteiger partial charge in [-0.2, -0.15) is 0 Å². The van der Waals surface area contributed by atoms with E-state index in [1.165, 1.54) is 9.75 Å². The maximum atomic E-state index is 6.03. The Labute approximate surface area is 116 Å². The maximum absolute atomic E-state index is 6.03. The molecule has 0 fully saturated rings. The number of ether oxygens (including phenoxy) is 1. The minimum Gasteiger partial charge on any atom is -0.495 e. The lowest BCUT2D eigenvalue weighted by atomic mass is 10.1. The summed E-state index contributed by atoms with van der Waals surface area (Å²) in [5.41, 5.74) is 7.14. The highest BCUT2D eigenvalue weighted by atomic mass is 35.5. The largest absolute Gasteiger partial charge is 0.495 e. The number of nitrogens with two attached hydrogens (primary N) is 1. The monoisotopic (exact) mass is 281 g/mol. The molecule has 1 unspecified atom stereocenters. The number of halogens is 1. The van der Waals surface area contributed by atoms with Crippen molar-refractivity contribution >= 4 is 22.9 Å². The van der Waals surface area contributed by atoms with Crippen molar-refractivity contribution in [1.29, 1.82) is 0 Å². The minimum absolute atomic E-state index is 0.123. The Bertz CT molecular complexity index is 538. The van der Waals surface area contributed by atoms with E-state index in [1.807, 2.05) is 18.2 Å². The van der Waals surface area contributed by atoms with Gasteiger partial charge in [0.15, 0.2) is 0 Å². The van der Waals surface area contributed by atoms with Gasteiger partial charge >= 0.3 is 0 Å². The molecule has 96 valence electrons. The normalized spacial score (nSPS) is 12.4. The molecule has 1 aromatic carbocycles. The van der Waals surface area contributed by atoms with Crippen molar-refractivity contribution < 1.29 is 4.74 Å². The lowest BCUT2D eigenvalue weighted by Gasteiger charge is -2.06. The zero-order valence-electron chi connectivity index (χ0n) is 10.4. The van der Waals surface area contributed by atoms with Crippen LogP contribution < -0.4 is 10.5 Å². The number of benzene rings is 1. The molecule has 2 nitrogen and oxygen atoms in total. The fraction of sp³-hybridized carbons (Fsp3) is 0.286. The molecule has 1 heterocycles. The van der Waals surface area contributed by atoms with Crippen LogP contribution in [0.5, 0.6) is 5.75 Å². The molecule has 2 rings (SSSR count). The predicted octanol–water partition coefficient (Wildman–Crippen LogP) is 4.49. The van der Waals surface area contributed by atoms with Gasteiger partial charge in [-0.3, -0.25) is 0 Å². The Kier molecular flexibility index (Phi) is 4.27. The molecule has 0 amide bonds. The molecule has 0 aliphatic heterocycles. The van der Waals surface area contributed by atoms with E-state index in [0.717, 1.165) is 12.0 Å². The molecule has 0 aliphatic rings. The van der Waals surface area contributed by atoms with Gasteiger partial charge in [-0.15, -0.1) is 11.3 Å². The first-order valence-electron chi connectivity index (χ1n) is 5.85. The van der Waals surface area contributed by atoms with Gasteiger partial charge in [0.05, 0.1) is 12.1 Å². The third-order valence-corrected chi connectivity index (χ3v) is 4.45. The van der Waals surface area contributed by atoms with Gasteiger partial charge in [0.2, 0.25) is 0 Å². The Morgan fingerprint density at radius 3 is 2.78 bits per heavy atom. The number of hydrogen-bond donors (Lipinski definition) is 1. The lowest BCUT2D eigenvalue weighted by Crippen LogP contribution is -2.05. The van der Waals surface area contributed by atoms with E-state index in [9.17, 15) is 0 Å². The topological polar surface area (TPSA) is 35.2 Å². The second kappa shape index (κ2) is 5.74. The molecule has 18 heavy (non-hydrogen) atoms. The Hall–Kier alpha value is -1.03. The predicted molar refractivity (Wildman–Crippen MR) is 78.5 cm³/mol. The summed E-state index contributed by atoms with van der Waals surface area (Å²) < 4.78 is 5.23. The minimum atomic E-state index is 0.123. The van der Waals surface area contributed by atoms with Crippen molar-refractivity contribution in [3.63, 3.8) is 0 Å². The maximum Gasteiger partial charge on any atom is 0.138 e. The van der Waals surface area contributed by atoms with E-state index in [1.54, 1.807) is 18.4 Å². The highest BCUT2D eigenvalue weighted by molar-refractivity contribution is 7.15. The first-order chi connectivity index (χ1) is 8.65. The van der Waals surface area contributed by atoms with Crippen molar-refractivity contribution in [2.75, 3.05) is 7.11 Å². The molecule has 1 atom stereocenters. The fourth-order valence-corrected chi connectivity index (χ4v) is 3.01. The van der Waals surface area contributed by atoms with E-state index in [-0.39, 0.29) is 6.04 Å². The molecule has 2 N–H and O–H groups in total. The zero-order valence-corrected chi connectivity index (χ0v) is 12.0. The fourth-order valence-electron chi connectivity index (χ4n) is 1.72. The smallest absolute Gasteiger partial charge is 0.138 e. The summed E-state index contributed by atoms with van der Waals surface area (Å²) in [6, 6.07) is 10.1. The standard InChI is InChI=1S/C14H16ClNOS/c1-3-11(16)14-7-6-13(18-14)9-4-5-10(15)12(8-9)17-2/h4-8,11H,3,16H2,1-2H3. The number of methoxy groups -OCH3 is 1. The van der Waals surface area contributed by atoms with Crippen LogP contribution in [0.4, 0.5) is 0 Å². The highest BCUT2D eigenvalue weighted by Gasteiger charge is 2.10. The van der Waals surface area contributed by atoms with Gasteiger partial charge in [-0.1, -0.05) is 24.6 Å². The summed E-state index contributed by atoms with van der Waals surface area (Å²) in [5, 5.41) is 0.628. The molecule has 0 saturated heterocycles. The van der Waals surface area contributed by atoms with Crippen molar-refractivity contribution in [3.05, 3.63) is 40.2 Å². The van der Waals surface area contributed by atoms with E-state index in [0.29, 0.717) is 10.8 Å². The van der Waals surface area contributed by atoms with Crippen LogP contribution in [0.2, 0.25) is 5.02 Å². The van der Waals surface area contributed by atoms with Crippen LogP contribution in [0, 0.1) is 0 Å². The Balaban J connectivity index is 2.34. The van der Waals surface area contributed by atoms with Gasteiger partial charge in [0.25, 0.3) is 0 Å². The van der Waals surface area contributed by atoms with Crippen molar-refractivity contribution in [2.45, 2.75) is 19.4 Å². The summed E-state index contributed by atoms with van der Waals surface area (Å²) >= 11 is 7.74.